The number of amides is 2. The molecule has 0 aromatic heterocycles. The van der Waals surface area contributed by atoms with Crippen LogP contribution in [0.1, 0.15) is 19.3 Å². The molecule has 0 bridgehead atoms. The number of nitrogens with one attached hydrogen (secondary N) is 1. The molecule has 0 aromatic rings. The molecule has 1 aliphatic rings. The third-order valence-corrected chi connectivity index (χ3v) is 2.37. The molecular weight excluding hydrogens is 160 g/mol. The van der Waals surface area contributed by atoms with Crippen molar-refractivity contribution in [2.45, 2.75) is 19.3 Å². The van der Waals surface area contributed by atoms with Crippen molar-refractivity contribution in [2.75, 3.05) is 6.54 Å². The van der Waals surface area contributed by atoms with Crippen LogP contribution >= 0.6 is 0 Å². The predicted molar refractivity (Wildman–Crippen MR) is 41.5 cm³/mol. The van der Waals surface area contributed by atoms with Crippen LogP contribution in [0, 0.1) is 5.41 Å². The fourth-order valence-corrected chi connectivity index (χ4v) is 1.33. The Bertz CT molecular complexity index is 211. The molecule has 1 saturated carbocycles. The van der Waals surface area contributed by atoms with Crippen molar-refractivity contribution < 1.29 is 14.7 Å². The summed E-state index contributed by atoms with van der Waals surface area (Å²) in [5, 5.41) is 11.1. The zero-order chi connectivity index (χ0) is 9.19. The lowest BCUT2D eigenvalue weighted by molar-refractivity contribution is -0.153. The number of hydrogen-bond acceptors (Lipinski definition) is 2. The zero-order valence-corrected chi connectivity index (χ0v) is 6.67. The number of nitrogens with two attached hydrogens (primary N) is 1. The van der Waals surface area contributed by atoms with Gasteiger partial charge in [-0.05, 0) is 12.8 Å². The summed E-state index contributed by atoms with van der Waals surface area (Å²) in [4.78, 5) is 21.1. The third kappa shape index (κ3) is 1.49. The van der Waals surface area contributed by atoms with Gasteiger partial charge in [0.15, 0.2) is 0 Å². The summed E-state index contributed by atoms with van der Waals surface area (Å²) in [6.07, 6.45) is 2.16. The van der Waals surface area contributed by atoms with E-state index in [4.69, 9.17) is 10.8 Å². The Balaban J connectivity index is 2.45. The van der Waals surface area contributed by atoms with Crippen molar-refractivity contribution in [3.63, 3.8) is 0 Å². The molecule has 0 radical (unpaired) electrons. The smallest absolute Gasteiger partial charge is 0.312 e. The van der Waals surface area contributed by atoms with Crippen molar-refractivity contribution in [1.29, 1.82) is 0 Å². The summed E-state index contributed by atoms with van der Waals surface area (Å²) < 4.78 is 0. The minimum atomic E-state index is -0.845. The van der Waals surface area contributed by atoms with Crippen LogP contribution in [-0.2, 0) is 4.79 Å². The highest BCUT2D eigenvalue weighted by molar-refractivity contribution is 5.78. The Kier molecular flexibility index (Phi) is 2.21. The highest BCUT2D eigenvalue weighted by Gasteiger charge is 2.44. The van der Waals surface area contributed by atoms with Crippen LogP contribution in [0.25, 0.3) is 0 Å². The van der Waals surface area contributed by atoms with Crippen molar-refractivity contribution in [1.82, 2.24) is 5.32 Å². The molecule has 1 fully saturated rings. The van der Waals surface area contributed by atoms with Gasteiger partial charge in [0.05, 0.1) is 5.41 Å². The topological polar surface area (TPSA) is 92.4 Å². The number of rotatable bonds is 3. The molecular formula is C7H12N2O3. The Hall–Kier alpha value is -1.26. The molecule has 0 atom stereocenters. The van der Waals surface area contributed by atoms with E-state index >= 15 is 0 Å². The second-order valence-electron chi connectivity index (χ2n) is 3.16. The lowest BCUT2D eigenvalue weighted by atomic mass is 9.69. The summed E-state index contributed by atoms with van der Waals surface area (Å²) in [7, 11) is 0. The molecule has 1 rings (SSSR count). The van der Waals surface area contributed by atoms with Gasteiger partial charge < -0.3 is 16.2 Å². The molecule has 0 unspecified atom stereocenters. The molecule has 5 nitrogen and oxygen atoms in total. The standard InChI is InChI=1S/C7H12N2O3/c8-6(12)9-4-7(5(10)11)2-1-3-7/h1-4H2,(H,10,11)(H3,8,9,12). The Morgan fingerprint density at radius 2 is 2.08 bits per heavy atom. The van der Waals surface area contributed by atoms with E-state index in [1.165, 1.54) is 0 Å². The normalized spacial score (nSPS) is 19.3. The van der Waals surface area contributed by atoms with Crippen LogP contribution < -0.4 is 11.1 Å². The molecule has 5 heteroatoms. The Morgan fingerprint density at radius 1 is 1.50 bits per heavy atom. The van der Waals surface area contributed by atoms with E-state index in [9.17, 15) is 9.59 Å². The summed E-state index contributed by atoms with van der Waals surface area (Å²) >= 11 is 0. The van der Waals surface area contributed by atoms with Gasteiger partial charge in [-0.2, -0.15) is 0 Å². The van der Waals surface area contributed by atoms with Crippen LogP contribution in [0.4, 0.5) is 4.79 Å². The van der Waals surface area contributed by atoms with Crippen LogP contribution in [0.3, 0.4) is 0 Å². The summed E-state index contributed by atoms with van der Waals surface area (Å²) in [6.45, 7) is 0.150. The average Bonchev–Trinajstić information content (AvgIpc) is 1.83. The maximum absolute atomic E-state index is 10.7. The first kappa shape index (κ1) is 8.83. The maximum Gasteiger partial charge on any atom is 0.312 e. The monoisotopic (exact) mass is 172 g/mol. The second-order valence-corrected chi connectivity index (χ2v) is 3.16. The molecule has 0 saturated heterocycles. The maximum atomic E-state index is 10.7. The molecule has 12 heavy (non-hydrogen) atoms. The molecule has 0 spiro atoms. The van der Waals surface area contributed by atoms with Gasteiger partial charge >= 0.3 is 12.0 Å². The van der Waals surface area contributed by atoms with Gasteiger partial charge in [-0.15, -0.1) is 0 Å². The minimum Gasteiger partial charge on any atom is -0.481 e. The lowest BCUT2D eigenvalue weighted by Gasteiger charge is -2.37. The molecule has 0 heterocycles. The number of primary amides is 1. The van der Waals surface area contributed by atoms with E-state index in [0.29, 0.717) is 12.8 Å². The van der Waals surface area contributed by atoms with Crippen LogP contribution in [0.5, 0.6) is 0 Å². The fraction of sp³-hybridized carbons (Fsp3) is 0.714. The molecule has 1 aliphatic carbocycles. The number of carbonyl (C=O) groups excluding carboxylic acids is 1. The van der Waals surface area contributed by atoms with Gasteiger partial charge in [-0.1, -0.05) is 6.42 Å². The van der Waals surface area contributed by atoms with Crippen LogP contribution in [0.15, 0.2) is 0 Å². The minimum absolute atomic E-state index is 0.150. The van der Waals surface area contributed by atoms with Gasteiger partial charge in [-0.3, -0.25) is 4.79 Å². The van der Waals surface area contributed by atoms with Crippen molar-refractivity contribution in [3.05, 3.63) is 0 Å². The largest absolute Gasteiger partial charge is 0.481 e. The highest BCUT2D eigenvalue weighted by Crippen LogP contribution is 2.40. The first-order chi connectivity index (χ1) is 5.57. The lowest BCUT2D eigenvalue weighted by Crippen LogP contribution is -2.48. The van der Waals surface area contributed by atoms with Crippen LogP contribution in [0.2, 0.25) is 0 Å². The number of carboxylic acid groups (broad SMARTS) is 1. The van der Waals surface area contributed by atoms with E-state index in [-0.39, 0.29) is 6.54 Å². The average molecular weight is 172 g/mol. The number of carbonyl (C=O) groups is 2. The van der Waals surface area contributed by atoms with E-state index in [2.05, 4.69) is 5.32 Å². The van der Waals surface area contributed by atoms with Crippen molar-refractivity contribution in [2.24, 2.45) is 11.1 Å². The van der Waals surface area contributed by atoms with E-state index in [1.807, 2.05) is 0 Å². The number of carboxylic acids is 1. The first-order valence-corrected chi connectivity index (χ1v) is 3.83. The Morgan fingerprint density at radius 3 is 2.33 bits per heavy atom. The number of hydrogen-bond donors (Lipinski definition) is 3. The highest BCUT2D eigenvalue weighted by atomic mass is 16.4. The molecule has 4 N–H and O–H groups in total. The van der Waals surface area contributed by atoms with E-state index in [1.54, 1.807) is 0 Å². The summed E-state index contributed by atoms with van der Waals surface area (Å²) in [6, 6.07) is -0.664. The molecule has 2 amide bonds. The van der Waals surface area contributed by atoms with E-state index in [0.717, 1.165) is 6.42 Å². The van der Waals surface area contributed by atoms with E-state index < -0.39 is 17.4 Å². The SMILES string of the molecule is NC(=O)NCC1(C(=O)O)CCC1. The quantitative estimate of drug-likeness (QED) is 0.555. The van der Waals surface area contributed by atoms with Gasteiger partial charge in [-0.25, -0.2) is 4.79 Å². The fourth-order valence-electron chi connectivity index (χ4n) is 1.33. The van der Waals surface area contributed by atoms with Crippen molar-refractivity contribution >= 4 is 12.0 Å². The van der Waals surface area contributed by atoms with Gasteiger partial charge in [0, 0.05) is 6.54 Å². The third-order valence-electron chi connectivity index (χ3n) is 2.37. The van der Waals surface area contributed by atoms with Gasteiger partial charge in [0.25, 0.3) is 0 Å². The summed E-state index contributed by atoms with van der Waals surface area (Å²) in [5.74, 6) is -0.845. The zero-order valence-electron chi connectivity index (χ0n) is 6.67. The number of aliphatic carboxylic acids is 1. The van der Waals surface area contributed by atoms with Crippen LogP contribution in [-0.4, -0.2) is 23.7 Å². The van der Waals surface area contributed by atoms with Gasteiger partial charge in [0.1, 0.15) is 0 Å². The Labute approximate surface area is 69.9 Å². The summed E-state index contributed by atoms with van der Waals surface area (Å²) in [5.41, 5.74) is 4.09. The van der Waals surface area contributed by atoms with Gasteiger partial charge in [0.2, 0.25) is 0 Å². The first-order valence-electron chi connectivity index (χ1n) is 3.83. The molecule has 68 valence electrons. The second kappa shape index (κ2) is 3.00. The number of urea groups is 1. The molecule has 0 aromatic carbocycles. The predicted octanol–water partition coefficient (Wildman–Crippen LogP) is -0.0904. The molecule has 0 aliphatic heterocycles. The van der Waals surface area contributed by atoms with Crippen molar-refractivity contribution in [3.8, 4) is 0 Å².